The Morgan fingerprint density at radius 1 is 0.645 bits per heavy atom. The van der Waals surface area contributed by atoms with E-state index in [1.54, 1.807) is 0 Å². The van der Waals surface area contributed by atoms with Gasteiger partial charge in [0.2, 0.25) is 0 Å². The number of hydrogen-bond acceptors (Lipinski definition) is 3. The molecule has 2 aromatic rings. The van der Waals surface area contributed by atoms with Crippen molar-refractivity contribution in [2.24, 2.45) is 11.8 Å². The Hall–Kier alpha value is -2.26. The van der Waals surface area contributed by atoms with Gasteiger partial charge in [-0.2, -0.15) is 0 Å². The van der Waals surface area contributed by atoms with Crippen molar-refractivity contribution < 1.29 is 14.3 Å². The van der Waals surface area contributed by atoms with Gasteiger partial charge in [-0.25, -0.2) is 0 Å². The molecular formula is C28H38O3. The van der Waals surface area contributed by atoms with Crippen LogP contribution in [0.2, 0.25) is 0 Å². The van der Waals surface area contributed by atoms with Crippen LogP contribution in [0.5, 0.6) is 0 Å². The first-order valence-corrected chi connectivity index (χ1v) is 11.6. The first-order chi connectivity index (χ1) is 14.9. The third kappa shape index (κ3) is 8.06. The highest BCUT2D eigenvalue weighted by atomic mass is 16.5. The first-order valence-electron chi connectivity index (χ1n) is 11.6. The lowest BCUT2D eigenvalue weighted by atomic mass is 9.83. The van der Waals surface area contributed by atoms with Crippen molar-refractivity contribution in [2.45, 2.75) is 65.2 Å². The average Bonchev–Trinajstić information content (AvgIpc) is 2.74. The summed E-state index contributed by atoms with van der Waals surface area (Å²) in [6, 6.07) is 20.1. The first kappa shape index (κ1) is 25.0. The van der Waals surface area contributed by atoms with Crippen molar-refractivity contribution in [1.29, 1.82) is 0 Å². The standard InChI is InChI=1S/C28H38O3/c1-21(2)27(23-13-7-5-8-14-23)25(29)17-11-19-31-20-12-18-26(30)28(22(3)4)24-15-9-6-10-16-24/h5-10,13-16,21-22,27-28H,11-12,17-20H2,1-4H3/t27-,28+. The van der Waals surface area contributed by atoms with E-state index in [-0.39, 0.29) is 35.2 Å². The Bertz CT molecular complexity index is 713. The van der Waals surface area contributed by atoms with Crippen LogP contribution < -0.4 is 0 Å². The topological polar surface area (TPSA) is 43.4 Å². The van der Waals surface area contributed by atoms with Gasteiger partial charge in [0.05, 0.1) is 0 Å². The molecule has 2 aromatic carbocycles. The zero-order valence-corrected chi connectivity index (χ0v) is 19.6. The van der Waals surface area contributed by atoms with Crippen LogP contribution in [0.4, 0.5) is 0 Å². The Morgan fingerprint density at radius 2 is 1.00 bits per heavy atom. The number of ether oxygens (including phenoxy) is 1. The second kappa shape index (κ2) is 13.2. The van der Waals surface area contributed by atoms with Crippen LogP contribution in [0.3, 0.4) is 0 Å². The molecule has 2 atom stereocenters. The van der Waals surface area contributed by atoms with Crippen LogP contribution in [0.25, 0.3) is 0 Å². The molecule has 0 aromatic heterocycles. The molecule has 0 aliphatic carbocycles. The predicted molar refractivity (Wildman–Crippen MR) is 127 cm³/mol. The van der Waals surface area contributed by atoms with E-state index in [1.807, 2.05) is 60.7 Å². The SMILES string of the molecule is CC(C)[C@H](C(=O)CCCOCCCC(=O)[C@@H](c1ccccc1)C(C)C)c1ccccc1. The predicted octanol–water partition coefficient (Wildman–Crippen LogP) is 6.58. The molecule has 2 rings (SSSR count). The van der Waals surface area contributed by atoms with Crippen molar-refractivity contribution in [3.8, 4) is 0 Å². The van der Waals surface area contributed by atoms with Crippen molar-refractivity contribution in [2.75, 3.05) is 13.2 Å². The van der Waals surface area contributed by atoms with Crippen LogP contribution in [0.1, 0.15) is 76.3 Å². The van der Waals surface area contributed by atoms with Gasteiger partial charge >= 0.3 is 0 Å². The Labute approximate surface area is 188 Å². The van der Waals surface area contributed by atoms with Crippen molar-refractivity contribution >= 4 is 11.6 Å². The molecule has 0 amide bonds. The number of benzene rings is 2. The molecule has 3 nitrogen and oxygen atoms in total. The fourth-order valence-electron chi connectivity index (χ4n) is 4.32. The highest BCUT2D eigenvalue weighted by Crippen LogP contribution is 2.28. The van der Waals surface area contributed by atoms with Crippen LogP contribution in [-0.4, -0.2) is 24.8 Å². The van der Waals surface area contributed by atoms with Gasteiger partial charge in [0.1, 0.15) is 11.6 Å². The lowest BCUT2D eigenvalue weighted by Gasteiger charge is -2.20. The average molecular weight is 423 g/mol. The van der Waals surface area contributed by atoms with Crippen molar-refractivity contribution in [3.63, 3.8) is 0 Å². The van der Waals surface area contributed by atoms with Crippen LogP contribution >= 0.6 is 0 Å². The zero-order valence-electron chi connectivity index (χ0n) is 19.6. The van der Waals surface area contributed by atoms with Crippen LogP contribution in [0.15, 0.2) is 60.7 Å². The molecule has 0 spiro atoms. The molecule has 31 heavy (non-hydrogen) atoms. The number of hydrogen-bond donors (Lipinski definition) is 0. The lowest BCUT2D eigenvalue weighted by Crippen LogP contribution is -2.19. The number of ketones is 2. The van der Waals surface area contributed by atoms with E-state index < -0.39 is 0 Å². The Kier molecular flexibility index (Phi) is 10.7. The summed E-state index contributed by atoms with van der Waals surface area (Å²) in [4.78, 5) is 25.5. The molecule has 3 heteroatoms. The zero-order chi connectivity index (χ0) is 22.6. The maximum absolute atomic E-state index is 12.7. The van der Waals surface area contributed by atoms with E-state index in [0.717, 1.165) is 24.0 Å². The Balaban J connectivity index is 1.69. The quantitative estimate of drug-likeness (QED) is 0.323. The van der Waals surface area contributed by atoms with Crippen LogP contribution in [-0.2, 0) is 14.3 Å². The maximum atomic E-state index is 12.7. The summed E-state index contributed by atoms with van der Waals surface area (Å²) in [7, 11) is 0. The fourth-order valence-corrected chi connectivity index (χ4v) is 4.32. The number of rotatable bonds is 14. The molecule has 168 valence electrons. The highest BCUT2D eigenvalue weighted by Gasteiger charge is 2.24. The van der Waals surface area contributed by atoms with E-state index in [4.69, 9.17) is 4.74 Å². The summed E-state index contributed by atoms with van der Waals surface area (Å²) in [5, 5.41) is 0. The normalized spacial score (nSPS) is 13.4. The van der Waals surface area contributed by atoms with Gasteiger partial charge in [0.15, 0.2) is 0 Å². The number of carbonyl (C=O) groups is 2. The molecule has 0 unspecified atom stereocenters. The molecular weight excluding hydrogens is 384 g/mol. The molecule has 0 saturated heterocycles. The van der Waals surface area contributed by atoms with E-state index in [1.165, 1.54) is 0 Å². The molecule has 0 heterocycles. The highest BCUT2D eigenvalue weighted by molar-refractivity contribution is 5.86. The largest absolute Gasteiger partial charge is 0.381 e. The molecule has 0 saturated carbocycles. The van der Waals surface area contributed by atoms with Gasteiger partial charge in [-0.05, 0) is 35.8 Å². The minimum atomic E-state index is -0.0511. The second-order valence-electron chi connectivity index (χ2n) is 9.02. The third-order valence-corrected chi connectivity index (χ3v) is 5.77. The molecule has 0 bridgehead atoms. The maximum Gasteiger partial charge on any atom is 0.140 e. The molecule has 0 aliphatic heterocycles. The van der Waals surface area contributed by atoms with Crippen molar-refractivity contribution in [3.05, 3.63) is 71.8 Å². The van der Waals surface area contributed by atoms with E-state index in [0.29, 0.717) is 26.1 Å². The van der Waals surface area contributed by atoms with Crippen molar-refractivity contribution in [1.82, 2.24) is 0 Å². The summed E-state index contributed by atoms with van der Waals surface area (Å²) in [5.74, 6) is 1.01. The summed E-state index contributed by atoms with van der Waals surface area (Å²) >= 11 is 0. The van der Waals surface area contributed by atoms with E-state index in [2.05, 4.69) is 27.7 Å². The summed E-state index contributed by atoms with van der Waals surface area (Å²) < 4.78 is 5.72. The van der Waals surface area contributed by atoms with E-state index >= 15 is 0 Å². The van der Waals surface area contributed by atoms with Gasteiger partial charge < -0.3 is 4.74 Å². The lowest BCUT2D eigenvalue weighted by molar-refractivity contribution is -0.122. The molecule has 0 aliphatic rings. The van der Waals surface area contributed by atoms with Gasteiger partial charge in [-0.15, -0.1) is 0 Å². The number of Topliss-reactive ketones (excluding diaryl/α,β-unsaturated/α-hetero) is 2. The molecule has 0 fully saturated rings. The summed E-state index contributed by atoms with van der Waals surface area (Å²) in [6.45, 7) is 9.52. The second-order valence-corrected chi connectivity index (χ2v) is 9.02. The number of carbonyl (C=O) groups excluding carboxylic acids is 2. The van der Waals surface area contributed by atoms with E-state index in [9.17, 15) is 9.59 Å². The van der Waals surface area contributed by atoms with Gasteiger partial charge in [0.25, 0.3) is 0 Å². The molecule has 0 N–H and O–H groups in total. The van der Waals surface area contributed by atoms with Gasteiger partial charge in [-0.3, -0.25) is 9.59 Å². The van der Waals surface area contributed by atoms with Gasteiger partial charge in [-0.1, -0.05) is 88.4 Å². The minimum Gasteiger partial charge on any atom is -0.381 e. The summed E-state index contributed by atoms with van der Waals surface area (Å²) in [6.07, 6.45) is 2.50. The third-order valence-electron chi connectivity index (χ3n) is 5.77. The smallest absolute Gasteiger partial charge is 0.140 e. The van der Waals surface area contributed by atoms with Gasteiger partial charge in [0, 0.05) is 37.9 Å². The minimum absolute atomic E-state index is 0.0511. The molecule has 0 radical (unpaired) electrons. The van der Waals surface area contributed by atoms with Crippen LogP contribution in [0, 0.1) is 11.8 Å². The monoisotopic (exact) mass is 422 g/mol. The summed E-state index contributed by atoms with van der Waals surface area (Å²) in [5.41, 5.74) is 2.19. The fraction of sp³-hybridized carbons (Fsp3) is 0.500. The Morgan fingerprint density at radius 3 is 1.32 bits per heavy atom.